The van der Waals surface area contributed by atoms with Gasteiger partial charge in [-0.15, -0.1) is 0 Å². The summed E-state index contributed by atoms with van der Waals surface area (Å²) < 4.78 is 4.44. The number of aromatic hydroxyl groups is 1. The van der Waals surface area contributed by atoms with Crippen molar-refractivity contribution in [2.24, 2.45) is 0 Å². The molecule has 13 heavy (non-hydrogen) atoms. The van der Waals surface area contributed by atoms with Gasteiger partial charge in [0.25, 0.3) is 0 Å². The van der Waals surface area contributed by atoms with Crippen LogP contribution in [0.15, 0.2) is 23.1 Å². The van der Waals surface area contributed by atoms with E-state index in [4.69, 9.17) is 16.7 Å². The lowest BCUT2D eigenvalue weighted by Crippen LogP contribution is -1.89. The van der Waals surface area contributed by atoms with E-state index in [0.717, 1.165) is 11.8 Å². The molecule has 0 amide bonds. The molecule has 0 fully saturated rings. The molecule has 0 aliphatic rings. The summed E-state index contributed by atoms with van der Waals surface area (Å²) in [5.74, 6) is -0.00381. The molecular formula is C8H7ClO3S. The molecular weight excluding hydrogens is 212 g/mol. The SMILES string of the molecule is COC(=O)Sc1ccc(O)c(Cl)c1. The Kier molecular flexibility index (Phi) is 3.45. The molecule has 3 nitrogen and oxygen atoms in total. The highest BCUT2D eigenvalue weighted by Crippen LogP contribution is 2.29. The van der Waals surface area contributed by atoms with Crippen molar-refractivity contribution in [3.05, 3.63) is 23.2 Å². The fourth-order valence-corrected chi connectivity index (χ4v) is 1.52. The minimum Gasteiger partial charge on any atom is -0.506 e. The normalized spacial score (nSPS) is 9.69. The molecule has 0 saturated carbocycles. The molecule has 1 aromatic carbocycles. The smallest absolute Gasteiger partial charge is 0.371 e. The average Bonchev–Trinajstić information content (AvgIpc) is 2.11. The molecule has 0 radical (unpaired) electrons. The van der Waals surface area contributed by atoms with Gasteiger partial charge in [0.2, 0.25) is 0 Å². The van der Waals surface area contributed by atoms with Crippen molar-refractivity contribution in [1.82, 2.24) is 0 Å². The molecule has 0 spiro atoms. The van der Waals surface area contributed by atoms with Crippen LogP contribution in [0.1, 0.15) is 0 Å². The lowest BCUT2D eigenvalue weighted by Gasteiger charge is -2.00. The van der Waals surface area contributed by atoms with E-state index in [0.29, 0.717) is 4.90 Å². The van der Waals surface area contributed by atoms with Crippen LogP contribution < -0.4 is 0 Å². The number of ether oxygens (including phenoxy) is 1. The molecule has 70 valence electrons. The lowest BCUT2D eigenvalue weighted by molar-refractivity contribution is 0.200. The van der Waals surface area contributed by atoms with Crippen LogP contribution in [-0.2, 0) is 4.74 Å². The monoisotopic (exact) mass is 218 g/mol. The van der Waals surface area contributed by atoms with E-state index < -0.39 is 5.30 Å². The number of hydrogen-bond acceptors (Lipinski definition) is 4. The highest BCUT2D eigenvalue weighted by atomic mass is 35.5. The van der Waals surface area contributed by atoms with Gasteiger partial charge in [0.15, 0.2) is 0 Å². The summed E-state index contributed by atoms with van der Waals surface area (Å²) in [7, 11) is 1.30. The summed E-state index contributed by atoms with van der Waals surface area (Å²) in [6.45, 7) is 0. The Morgan fingerprint density at radius 1 is 1.62 bits per heavy atom. The number of rotatable bonds is 1. The largest absolute Gasteiger partial charge is 0.506 e. The predicted molar refractivity (Wildman–Crippen MR) is 51.4 cm³/mol. The van der Waals surface area contributed by atoms with E-state index in [1.807, 2.05) is 0 Å². The first-order chi connectivity index (χ1) is 6.13. The summed E-state index contributed by atoms with van der Waals surface area (Å²) in [5.41, 5.74) is 0. The molecule has 1 rings (SSSR count). The number of carbonyl (C=O) groups excluding carboxylic acids is 1. The van der Waals surface area contributed by atoms with Gasteiger partial charge in [-0.3, -0.25) is 0 Å². The highest BCUT2D eigenvalue weighted by molar-refractivity contribution is 8.13. The second-order valence-electron chi connectivity index (χ2n) is 2.17. The first-order valence-corrected chi connectivity index (χ1v) is 4.57. The minimum atomic E-state index is -0.415. The van der Waals surface area contributed by atoms with E-state index in [9.17, 15) is 4.79 Å². The molecule has 5 heteroatoms. The third-order valence-electron chi connectivity index (χ3n) is 1.29. The van der Waals surface area contributed by atoms with Crippen molar-refractivity contribution in [1.29, 1.82) is 0 Å². The summed E-state index contributed by atoms with van der Waals surface area (Å²) in [4.78, 5) is 11.4. The second-order valence-corrected chi connectivity index (χ2v) is 3.59. The zero-order valence-electron chi connectivity index (χ0n) is 6.78. The summed E-state index contributed by atoms with van der Waals surface area (Å²) >= 11 is 6.53. The molecule has 0 saturated heterocycles. The van der Waals surface area contributed by atoms with Gasteiger partial charge in [0.1, 0.15) is 5.75 Å². The molecule has 0 aromatic heterocycles. The van der Waals surface area contributed by atoms with Crippen molar-refractivity contribution in [3.63, 3.8) is 0 Å². The van der Waals surface area contributed by atoms with E-state index in [-0.39, 0.29) is 10.8 Å². The van der Waals surface area contributed by atoms with E-state index in [2.05, 4.69) is 4.74 Å². The Bertz CT molecular complexity index is 327. The molecule has 0 aliphatic heterocycles. The Labute approximate surface area is 84.7 Å². The third kappa shape index (κ3) is 2.82. The van der Waals surface area contributed by atoms with Crippen molar-refractivity contribution in [3.8, 4) is 5.75 Å². The number of phenols is 1. The number of thioether (sulfide) groups is 1. The Morgan fingerprint density at radius 2 is 2.31 bits per heavy atom. The third-order valence-corrected chi connectivity index (χ3v) is 2.41. The topological polar surface area (TPSA) is 46.5 Å². The standard InChI is InChI=1S/C8H7ClO3S/c1-12-8(11)13-5-2-3-7(10)6(9)4-5/h2-4,10H,1H3. The van der Waals surface area contributed by atoms with Crippen molar-refractivity contribution in [2.45, 2.75) is 4.90 Å². The van der Waals surface area contributed by atoms with Gasteiger partial charge in [0, 0.05) is 4.90 Å². The number of phenolic OH excluding ortho intramolecular Hbond substituents is 1. The van der Waals surface area contributed by atoms with Crippen LogP contribution in [0.4, 0.5) is 4.79 Å². The number of methoxy groups -OCH3 is 1. The van der Waals surface area contributed by atoms with E-state index in [1.54, 1.807) is 6.07 Å². The molecule has 0 bridgehead atoms. The van der Waals surface area contributed by atoms with Gasteiger partial charge in [-0.2, -0.15) is 0 Å². The van der Waals surface area contributed by atoms with Gasteiger partial charge in [-0.25, -0.2) is 4.79 Å². The van der Waals surface area contributed by atoms with Crippen LogP contribution in [0.2, 0.25) is 5.02 Å². The fraction of sp³-hybridized carbons (Fsp3) is 0.125. The highest BCUT2D eigenvalue weighted by Gasteiger charge is 2.05. The van der Waals surface area contributed by atoms with Crippen LogP contribution in [-0.4, -0.2) is 17.5 Å². The predicted octanol–water partition coefficient (Wildman–Crippen LogP) is 2.90. The van der Waals surface area contributed by atoms with Gasteiger partial charge in [-0.05, 0) is 30.0 Å². The van der Waals surface area contributed by atoms with Crippen LogP contribution in [0, 0.1) is 0 Å². The van der Waals surface area contributed by atoms with Gasteiger partial charge in [0.05, 0.1) is 12.1 Å². The summed E-state index contributed by atoms with van der Waals surface area (Å²) in [5, 5.41) is 8.88. The molecule has 0 atom stereocenters. The van der Waals surface area contributed by atoms with Crippen LogP contribution in [0.3, 0.4) is 0 Å². The molecule has 1 aromatic rings. The molecule has 0 heterocycles. The van der Waals surface area contributed by atoms with Gasteiger partial charge >= 0.3 is 5.30 Å². The number of halogens is 1. The number of hydrogen-bond donors (Lipinski definition) is 1. The number of carbonyl (C=O) groups is 1. The maximum absolute atomic E-state index is 10.8. The fourth-order valence-electron chi connectivity index (χ4n) is 0.689. The van der Waals surface area contributed by atoms with Gasteiger partial charge in [-0.1, -0.05) is 11.6 Å². The maximum Gasteiger partial charge on any atom is 0.371 e. The van der Waals surface area contributed by atoms with Crippen LogP contribution in [0.5, 0.6) is 5.75 Å². The first kappa shape index (κ1) is 10.2. The molecule has 1 N–H and O–H groups in total. The van der Waals surface area contributed by atoms with Gasteiger partial charge < -0.3 is 9.84 Å². The molecule has 0 aliphatic carbocycles. The zero-order valence-corrected chi connectivity index (χ0v) is 8.35. The zero-order chi connectivity index (χ0) is 9.84. The first-order valence-electron chi connectivity index (χ1n) is 3.38. The quantitative estimate of drug-likeness (QED) is 0.582. The molecule has 0 unspecified atom stereocenters. The van der Waals surface area contributed by atoms with E-state index in [1.165, 1.54) is 19.2 Å². The average molecular weight is 219 g/mol. The van der Waals surface area contributed by atoms with Crippen LogP contribution in [0.25, 0.3) is 0 Å². The Balaban J connectivity index is 2.79. The Morgan fingerprint density at radius 3 is 2.85 bits per heavy atom. The van der Waals surface area contributed by atoms with Crippen molar-refractivity contribution in [2.75, 3.05) is 7.11 Å². The number of benzene rings is 1. The summed E-state index contributed by atoms with van der Waals surface area (Å²) in [6, 6.07) is 4.51. The van der Waals surface area contributed by atoms with E-state index >= 15 is 0 Å². The van der Waals surface area contributed by atoms with Crippen LogP contribution >= 0.6 is 23.4 Å². The Hall–Kier alpha value is -0.870. The summed E-state index contributed by atoms with van der Waals surface area (Å²) in [6.07, 6.45) is 0. The minimum absolute atomic E-state index is 0.00381. The van der Waals surface area contributed by atoms with Crippen molar-refractivity contribution >= 4 is 28.7 Å². The lowest BCUT2D eigenvalue weighted by atomic mass is 10.3. The second kappa shape index (κ2) is 4.39. The van der Waals surface area contributed by atoms with Crippen molar-refractivity contribution < 1.29 is 14.6 Å². The maximum atomic E-state index is 10.8.